The number of benzene rings is 7. The summed E-state index contributed by atoms with van der Waals surface area (Å²) in [5.74, 6) is 0.928. The Morgan fingerprint density at radius 1 is 0.481 bits per heavy atom. The van der Waals surface area contributed by atoms with Crippen molar-refractivity contribution >= 4 is 44.6 Å². The van der Waals surface area contributed by atoms with Crippen molar-refractivity contribution in [2.45, 2.75) is 12.3 Å². The molecule has 0 saturated carbocycles. The normalized spacial score (nSPS) is 14.0. The highest BCUT2D eigenvalue weighted by Crippen LogP contribution is 2.57. The first-order valence-corrected chi connectivity index (χ1v) is 18.7. The van der Waals surface area contributed by atoms with E-state index in [9.17, 15) is 0 Å². The fraction of sp³-hybridized carbons (Fsp3) is 0.0600. The number of rotatable bonds is 5. The zero-order chi connectivity index (χ0) is 35.8. The minimum Gasteiger partial charge on any atom is -0.321 e. The lowest BCUT2D eigenvalue weighted by Gasteiger charge is -2.35. The van der Waals surface area contributed by atoms with E-state index < -0.39 is 5.41 Å². The molecule has 9 aromatic rings. The molecule has 256 valence electrons. The van der Waals surface area contributed by atoms with Gasteiger partial charge in [0.15, 0.2) is 0 Å². The van der Waals surface area contributed by atoms with Crippen LogP contribution >= 0.6 is 0 Å². The number of anilines is 4. The molecule has 11 rings (SSSR count). The fourth-order valence-electron chi connectivity index (χ4n) is 9.29. The maximum absolute atomic E-state index is 4.91. The quantitative estimate of drug-likeness (QED) is 0.179. The Morgan fingerprint density at radius 2 is 1.09 bits per heavy atom. The van der Waals surface area contributed by atoms with Crippen LogP contribution in [-0.2, 0) is 5.41 Å². The molecule has 4 nitrogen and oxygen atoms in total. The third-order valence-corrected chi connectivity index (χ3v) is 11.6. The van der Waals surface area contributed by atoms with Crippen molar-refractivity contribution in [2.75, 3.05) is 16.5 Å². The molecule has 4 heteroatoms. The van der Waals surface area contributed by atoms with E-state index in [4.69, 9.17) is 4.98 Å². The first-order valence-electron chi connectivity index (χ1n) is 18.7. The first-order chi connectivity index (χ1) is 26.7. The second-order valence-corrected chi connectivity index (χ2v) is 14.5. The molecule has 54 heavy (non-hydrogen) atoms. The van der Waals surface area contributed by atoms with Gasteiger partial charge in [-0.1, -0.05) is 121 Å². The molecule has 0 bridgehead atoms. The summed E-state index contributed by atoms with van der Waals surface area (Å²) >= 11 is 0. The Morgan fingerprint density at radius 3 is 1.85 bits per heavy atom. The molecule has 0 amide bonds. The van der Waals surface area contributed by atoms with Gasteiger partial charge in [0.1, 0.15) is 12.5 Å². The fourth-order valence-corrected chi connectivity index (χ4v) is 9.29. The van der Waals surface area contributed by atoms with E-state index in [1.807, 2.05) is 6.20 Å². The topological polar surface area (TPSA) is 24.3 Å². The molecule has 0 radical (unpaired) electrons. The lowest BCUT2D eigenvalue weighted by atomic mass is 9.67. The molecule has 7 aromatic carbocycles. The van der Waals surface area contributed by atoms with Gasteiger partial charge in [0, 0.05) is 28.3 Å². The molecular formula is C50H36N4. The number of aromatic nitrogens is 2. The van der Waals surface area contributed by atoms with Gasteiger partial charge in [0.25, 0.3) is 0 Å². The van der Waals surface area contributed by atoms with Crippen LogP contribution in [0.5, 0.6) is 0 Å². The molecule has 0 spiro atoms. The van der Waals surface area contributed by atoms with Crippen LogP contribution in [0.2, 0.25) is 0 Å². The van der Waals surface area contributed by atoms with Gasteiger partial charge >= 0.3 is 0 Å². The van der Waals surface area contributed by atoms with Crippen LogP contribution in [-0.4, -0.2) is 16.2 Å². The summed E-state index contributed by atoms with van der Waals surface area (Å²) in [6, 6.07) is 66.8. The Bertz CT molecular complexity index is 2860. The predicted octanol–water partition coefficient (Wildman–Crippen LogP) is 12.1. The summed E-state index contributed by atoms with van der Waals surface area (Å²) in [6.45, 7) is 2.86. The maximum atomic E-state index is 4.91. The van der Waals surface area contributed by atoms with E-state index in [2.05, 4.69) is 203 Å². The lowest BCUT2D eigenvalue weighted by molar-refractivity contribution is 0.768. The number of fused-ring (bicyclic) bond motifs is 7. The molecule has 2 aromatic heterocycles. The van der Waals surface area contributed by atoms with Gasteiger partial charge in [-0.25, -0.2) is 4.98 Å². The Kier molecular flexibility index (Phi) is 6.71. The third kappa shape index (κ3) is 4.34. The van der Waals surface area contributed by atoms with Gasteiger partial charge in [0.05, 0.1) is 27.8 Å². The molecule has 1 aliphatic carbocycles. The van der Waals surface area contributed by atoms with E-state index in [1.165, 1.54) is 72.5 Å². The van der Waals surface area contributed by atoms with Gasteiger partial charge < -0.3 is 9.80 Å². The Balaban J connectivity index is 1.18. The van der Waals surface area contributed by atoms with Crippen LogP contribution in [0.4, 0.5) is 22.7 Å². The standard InChI is InChI=1S/C50H36N4/c1-34-28-29-51-49(30-34)54-45-23-10-7-20-41(45)42-27-26-36(32-48(42)54)50(43-21-8-5-18-39(43)40-19-6-9-22-44(40)50)35-14-13-17-38(31-35)53-33-52(37-15-3-2-4-16-37)46-24-11-12-25-47(46)53/h2-32H,33H2,1H3. The number of nitrogens with zero attached hydrogens (tertiary/aromatic N) is 4. The average molecular weight is 693 g/mol. The zero-order valence-electron chi connectivity index (χ0n) is 29.9. The molecular weight excluding hydrogens is 657 g/mol. The van der Waals surface area contributed by atoms with Crippen LogP contribution in [0.15, 0.2) is 188 Å². The Hall–Kier alpha value is -6.91. The van der Waals surface area contributed by atoms with Gasteiger partial charge in [-0.3, -0.25) is 4.57 Å². The summed E-state index contributed by atoms with van der Waals surface area (Å²) in [7, 11) is 0. The van der Waals surface area contributed by atoms with Crippen molar-refractivity contribution in [3.63, 3.8) is 0 Å². The third-order valence-electron chi connectivity index (χ3n) is 11.6. The van der Waals surface area contributed by atoms with Crippen LogP contribution in [0.1, 0.15) is 27.8 Å². The SMILES string of the molecule is Cc1ccnc(-n2c3ccccc3c3ccc(C4(c5cccc(N6CN(c7ccccc7)c7ccccc76)c5)c5ccccc5-c5ccccc54)cc32)c1. The Labute approximate surface area is 314 Å². The summed E-state index contributed by atoms with van der Waals surface area (Å²) in [6.07, 6.45) is 1.92. The summed E-state index contributed by atoms with van der Waals surface area (Å²) < 4.78 is 2.34. The molecule has 0 atom stereocenters. The minimum absolute atomic E-state index is 0.572. The van der Waals surface area contributed by atoms with Gasteiger partial charge in [0.2, 0.25) is 0 Å². The second-order valence-electron chi connectivity index (χ2n) is 14.5. The first kappa shape index (κ1) is 30.7. The van der Waals surface area contributed by atoms with Gasteiger partial charge in [-0.2, -0.15) is 0 Å². The summed E-state index contributed by atoms with van der Waals surface area (Å²) in [5.41, 5.74) is 15.3. The van der Waals surface area contributed by atoms with Crippen molar-refractivity contribution in [3.05, 3.63) is 216 Å². The van der Waals surface area contributed by atoms with Gasteiger partial charge in [-0.05, 0) is 107 Å². The number of para-hydroxylation sites is 4. The smallest absolute Gasteiger partial charge is 0.137 e. The second kappa shape index (κ2) is 11.8. The minimum atomic E-state index is -0.572. The lowest BCUT2D eigenvalue weighted by Crippen LogP contribution is -2.29. The van der Waals surface area contributed by atoms with E-state index in [-0.39, 0.29) is 0 Å². The maximum Gasteiger partial charge on any atom is 0.137 e. The predicted molar refractivity (Wildman–Crippen MR) is 223 cm³/mol. The molecule has 0 unspecified atom stereocenters. The van der Waals surface area contributed by atoms with Crippen LogP contribution in [0.25, 0.3) is 38.8 Å². The van der Waals surface area contributed by atoms with E-state index in [0.717, 1.165) is 23.5 Å². The molecule has 0 saturated heterocycles. The van der Waals surface area contributed by atoms with Crippen molar-refractivity contribution < 1.29 is 0 Å². The van der Waals surface area contributed by atoms with Crippen LogP contribution < -0.4 is 9.80 Å². The molecule has 0 N–H and O–H groups in total. The molecule has 0 fully saturated rings. The number of aryl methyl sites for hydroxylation is 1. The van der Waals surface area contributed by atoms with Crippen molar-refractivity contribution in [1.82, 2.24) is 9.55 Å². The zero-order valence-corrected chi connectivity index (χ0v) is 29.9. The highest BCUT2D eigenvalue weighted by molar-refractivity contribution is 6.09. The van der Waals surface area contributed by atoms with Crippen LogP contribution in [0.3, 0.4) is 0 Å². The van der Waals surface area contributed by atoms with Crippen LogP contribution in [0, 0.1) is 6.92 Å². The average Bonchev–Trinajstić information content (AvgIpc) is 3.88. The van der Waals surface area contributed by atoms with Crippen molar-refractivity contribution in [2.24, 2.45) is 0 Å². The molecule has 3 heterocycles. The highest BCUT2D eigenvalue weighted by Gasteiger charge is 2.46. The van der Waals surface area contributed by atoms with E-state index in [0.29, 0.717) is 0 Å². The largest absolute Gasteiger partial charge is 0.321 e. The number of hydrogen-bond donors (Lipinski definition) is 0. The van der Waals surface area contributed by atoms with Crippen molar-refractivity contribution in [3.8, 4) is 16.9 Å². The summed E-state index contributed by atoms with van der Waals surface area (Å²) in [5, 5.41) is 2.44. The number of pyridine rings is 1. The summed E-state index contributed by atoms with van der Waals surface area (Å²) in [4.78, 5) is 9.77. The highest BCUT2D eigenvalue weighted by atomic mass is 15.4. The van der Waals surface area contributed by atoms with E-state index in [1.54, 1.807) is 0 Å². The molecule has 1 aliphatic heterocycles. The monoisotopic (exact) mass is 692 g/mol. The van der Waals surface area contributed by atoms with E-state index >= 15 is 0 Å². The molecule has 2 aliphatic rings. The number of hydrogen-bond acceptors (Lipinski definition) is 3. The van der Waals surface area contributed by atoms with Crippen molar-refractivity contribution in [1.29, 1.82) is 0 Å². The van der Waals surface area contributed by atoms with Gasteiger partial charge in [-0.15, -0.1) is 0 Å².